The van der Waals surface area contributed by atoms with Crippen LogP contribution in [0.1, 0.15) is 0 Å². The third kappa shape index (κ3) is 82.2. The van der Waals surface area contributed by atoms with E-state index in [9.17, 15) is 0 Å². The average molecular weight is 488 g/mol. The minimum atomic E-state index is 0. The molecule has 7 heavy (non-hydrogen) atoms. The van der Waals surface area contributed by atoms with Gasteiger partial charge in [-0.25, -0.2) is 0 Å². The summed E-state index contributed by atoms with van der Waals surface area (Å²) in [7, 11) is 0. The van der Waals surface area contributed by atoms with Crippen molar-refractivity contribution in [3.63, 3.8) is 0 Å². The Kier molecular flexibility index (Phi) is 2720. The third-order valence-corrected chi connectivity index (χ3v) is 0. The topological polar surface area (TPSA) is 85.5 Å². The van der Waals surface area contributed by atoms with Gasteiger partial charge in [-0.3, -0.25) is 0 Å². The molecule has 0 saturated heterocycles. The van der Waals surface area contributed by atoms with Gasteiger partial charge in [0.2, 0.25) is 0 Å². The number of hydrogen-bond acceptors (Lipinski definition) is 0. The molecule has 0 aromatic heterocycles. The Balaban J connectivity index is 0. The quantitative estimate of drug-likeness (QED) is 0.359. The Hall–Kier alpha value is 1.78. The summed E-state index contributed by atoms with van der Waals surface area (Å²) >= 11 is 0. The molecule has 0 amide bonds. The summed E-state index contributed by atoms with van der Waals surface area (Å²) in [6.45, 7) is 0. The SMILES string of the molecule is [B].[B].[Bi+3].[Bi+3].[O-2].[O-2].[O-2]. The Labute approximate surface area is 85.0 Å². The summed E-state index contributed by atoms with van der Waals surface area (Å²) in [5.41, 5.74) is 0. The molecule has 0 heterocycles. The molecule has 10 radical (unpaired) electrons. The van der Waals surface area contributed by atoms with E-state index in [-0.39, 0.29) is 85.7 Å². The summed E-state index contributed by atoms with van der Waals surface area (Å²) < 4.78 is 0. The van der Waals surface area contributed by atoms with E-state index in [2.05, 4.69) is 0 Å². The van der Waals surface area contributed by atoms with E-state index in [0.717, 1.165) is 0 Å². The van der Waals surface area contributed by atoms with Crippen molar-refractivity contribution in [1.29, 1.82) is 0 Å². The molecule has 0 rings (SSSR count). The molecule has 0 aromatic carbocycles. The van der Waals surface area contributed by atoms with Gasteiger partial charge in [0, 0.05) is 16.8 Å². The Morgan fingerprint density at radius 1 is 0.429 bits per heavy atom. The number of rotatable bonds is 0. The predicted octanol–water partition coefficient (Wildman–Crippen LogP) is -1.88. The largest absolute Gasteiger partial charge is 3.00 e. The first kappa shape index (κ1) is 168. The fraction of sp³-hybridized carbons (Fsp3) is 0. The van der Waals surface area contributed by atoms with Crippen molar-refractivity contribution < 1.29 is 16.4 Å². The predicted molar refractivity (Wildman–Crippen MR) is 25.1 cm³/mol. The molecule has 0 aromatic rings. The molecule has 0 N–H and O–H groups in total. The van der Waals surface area contributed by atoms with Gasteiger partial charge in [-0.05, 0) is 0 Å². The van der Waals surface area contributed by atoms with Crippen molar-refractivity contribution in [3.05, 3.63) is 0 Å². The van der Waals surface area contributed by atoms with E-state index < -0.39 is 0 Å². The van der Waals surface area contributed by atoms with Gasteiger partial charge < -0.3 is 16.4 Å². The molecular formula is B2Bi2O3. The molecule has 0 bridgehead atoms. The maximum absolute atomic E-state index is 0. The maximum Gasteiger partial charge on any atom is 3.00 e. The Bertz CT molecular complexity index is 10.9. The molecule has 0 fully saturated rings. The summed E-state index contributed by atoms with van der Waals surface area (Å²) in [6.07, 6.45) is 0. The molecule has 0 unspecified atom stereocenters. The second-order valence-electron chi connectivity index (χ2n) is 0. The Morgan fingerprint density at radius 3 is 0.429 bits per heavy atom. The van der Waals surface area contributed by atoms with Crippen LogP contribution >= 0.6 is 0 Å². The molecule has 7 heteroatoms. The monoisotopic (exact) mass is 488 g/mol. The standard InChI is InChI=1S/2B.2Bi.3O/q;;2*+3;3*-2. The van der Waals surface area contributed by atoms with Crippen LogP contribution in [0.4, 0.5) is 0 Å². The minimum absolute atomic E-state index is 0. The molecule has 0 saturated carbocycles. The first-order valence-corrected chi connectivity index (χ1v) is 0. The molecule has 0 aliphatic rings. The zero-order valence-corrected chi connectivity index (χ0v) is 10.2. The third-order valence-electron chi connectivity index (χ3n) is 0. The van der Waals surface area contributed by atoms with Crippen molar-refractivity contribution in [3.8, 4) is 0 Å². The van der Waals surface area contributed by atoms with Gasteiger partial charge >= 0.3 is 52.4 Å². The smallest absolute Gasteiger partial charge is 2.00 e. The van der Waals surface area contributed by atoms with Gasteiger partial charge in [0.15, 0.2) is 0 Å². The molecule has 0 atom stereocenters. The molecular weight excluding hydrogens is 488 g/mol. The van der Waals surface area contributed by atoms with Crippen LogP contribution in [-0.4, -0.2) is 69.2 Å². The summed E-state index contributed by atoms with van der Waals surface area (Å²) in [6, 6.07) is 0. The maximum atomic E-state index is 0. The minimum Gasteiger partial charge on any atom is -2.00 e. The van der Waals surface area contributed by atoms with Crippen LogP contribution in [0.5, 0.6) is 0 Å². The molecule has 3 nitrogen and oxygen atoms in total. The van der Waals surface area contributed by atoms with E-state index in [0.29, 0.717) is 0 Å². The second-order valence-corrected chi connectivity index (χ2v) is 0. The number of hydrogen-bond donors (Lipinski definition) is 0. The van der Waals surface area contributed by atoms with Crippen LogP contribution in [0, 0.1) is 0 Å². The first-order chi connectivity index (χ1) is 0. The molecule has 0 aliphatic heterocycles. The fourth-order valence-electron chi connectivity index (χ4n) is 0. The first-order valence-electron chi connectivity index (χ1n) is 0. The fourth-order valence-corrected chi connectivity index (χ4v) is 0. The van der Waals surface area contributed by atoms with Gasteiger partial charge in [0.25, 0.3) is 0 Å². The second kappa shape index (κ2) is 113. The van der Waals surface area contributed by atoms with Crippen LogP contribution in [0.25, 0.3) is 0 Å². The van der Waals surface area contributed by atoms with E-state index in [1.807, 2.05) is 0 Å². The van der Waals surface area contributed by atoms with Gasteiger partial charge in [-0.2, -0.15) is 0 Å². The normalized spacial score (nSPS) is 0. The van der Waals surface area contributed by atoms with Crippen LogP contribution in [0.3, 0.4) is 0 Å². The van der Waals surface area contributed by atoms with E-state index in [4.69, 9.17) is 0 Å². The van der Waals surface area contributed by atoms with Crippen molar-refractivity contribution in [2.24, 2.45) is 0 Å². The van der Waals surface area contributed by atoms with Crippen molar-refractivity contribution >= 4 is 69.2 Å². The van der Waals surface area contributed by atoms with Crippen LogP contribution < -0.4 is 0 Å². The van der Waals surface area contributed by atoms with Gasteiger partial charge in [0.1, 0.15) is 0 Å². The van der Waals surface area contributed by atoms with Crippen molar-refractivity contribution in [2.45, 2.75) is 0 Å². The average Bonchev–Trinajstić information content (AvgIpc) is 0. The molecule has 34 valence electrons. The van der Waals surface area contributed by atoms with Gasteiger partial charge in [-0.1, -0.05) is 0 Å². The molecule has 0 spiro atoms. The zero-order valence-electron chi connectivity index (χ0n) is 3.27. The summed E-state index contributed by atoms with van der Waals surface area (Å²) in [5, 5.41) is 0. The van der Waals surface area contributed by atoms with Gasteiger partial charge in [0.05, 0.1) is 0 Å². The van der Waals surface area contributed by atoms with Crippen LogP contribution in [0.15, 0.2) is 0 Å². The van der Waals surface area contributed by atoms with Crippen molar-refractivity contribution in [2.75, 3.05) is 0 Å². The molecule has 0 aliphatic carbocycles. The van der Waals surface area contributed by atoms with E-state index >= 15 is 0 Å². The van der Waals surface area contributed by atoms with Gasteiger partial charge in [-0.15, -0.1) is 0 Å². The van der Waals surface area contributed by atoms with E-state index in [1.165, 1.54) is 0 Å². The van der Waals surface area contributed by atoms with Crippen LogP contribution in [0.2, 0.25) is 0 Å². The Morgan fingerprint density at radius 2 is 0.429 bits per heavy atom. The van der Waals surface area contributed by atoms with Crippen LogP contribution in [-0.2, 0) is 16.4 Å². The van der Waals surface area contributed by atoms with Crippen molar-refractivity contribution in [1.82, 2.24) is 0 Å². The zero-order chi connectivity index (χ0) is 0. The summed E-state index contributed by atoms with van der Waals surface area (Å²) in [5.74, 6) is 0. The van der Waals surface area contributed by atoms with E-state index in [1.54, 1.807) is 0 Å². The summed E-state index contributed by atoms with van der Waals surface area (Å²) in [4.78, 5) is 0.